The van der Waals surface area contributed by atoms with Gasteiger partial charge >= 0.3 is 0 Å². The van der Waals surface area contributed by atoms with Crippen LogP contribution in [0.25, 0.3) is 27.4 Å². The quantitative estimate of drug-likeness (QED) is 0.216. The Bertz CT molecular complexity index is 1670. The summed E-state index contributed by atoms with van der Waals surface area (Å²) in [4.78, 5) is 18.2. The molecule has 1 unspecified atom stereocenters. The van der Waals surface area contributed by atoms with Crippen molar-refractivity contribution >= 4 is 33.2 Å². The molecular weight excluding hydrogens is 432 g/mol. The Hall–Kier alpha value is -4.75. The van der Waals surface area contributed by atoms with Gasteiger partial charge in [-0.15, -0.1) is 0 Å². The van der Waals surface area contributed by atoms with Gasteiger partial charge in [0.25, 0.3) is 0 Å². The van der Waals surface area contributed by atoms with Crippen LogP contribution in [0.15, 0.2) is 109 Å². The molecule has 6 rings (SSSR count). The molecule has 0 saturated carbocycles. The number of hydrogen-bond donors (Lipinski definition) is 0. The zero-order valence-corrected chi connectivity index (χ0v) is 18.8. The standard InChI is InChI=1S/C31H20N2O2/c32-19-27-25(18-28(34)21-10-3-1-4-11-21)26-17-23-16-15-20-9-7-8-14-24(20)29(23)33-31(26)35-30(27)22-12-5-2-6-13-22/h1-17,25H,18H2. The van der Waals surface area contributed by atoms with Crippen molar-refractivity contribution in [2.45, 2.75) is 12.3 Å². The van der Waals surface area contributed by atoms with Gasteiger partial charge in [0.15, 0.2) is 11.5 Å². The van der Waals surface area contributed by atoms with E-state index in [1.54, 1.807) is 12.1 Å². The minimum absolute atomic E-state index is 0.0257. The van der Waals surface area contributed by atoms with E-state index in [2.05, 4.69) is 18.2 Å². The lowest BCUT2D eigenvalue weighted by molar-refractivity contribution is 0.0977. The van der Waals surface area contributed by atoms with Crippen LogP contribution < -0.4 is 4.74 Å². The van der Waals surface area contributed by atoms with Crippen molar-refractivity contribution in [3.63, 3.8) is 0 Å². The van der Waals surface area contributed by atoms with Crippen LogP contribution in [0.1, 0.15) is 33.8 Å². The second-order valence-corrected chi connectivity index (χ2v) is 8.61. The van der Waals surface area contributed by atoms with Crippen LogP contribution in [-0.2, 0) is 0 Å². The number of ether oxygens (including phenoxy) is 1. The lowest BCUT2D eigenvalue weighted by Gasteiger charge is -2.27. The van der Waals surface area contributed by atoms with E-state index in [1.165, 1.54) is 0 Å². The third-order valence-electron chi connectivity index (χ3n) is 6.51. The lowest BCUT2D eigenvalue weighted by atomic mass is 9.83. The fraction of sp³-hybridized carbons (Fsp3) is 0.0645. The maximum Gasteiger partial charge on any atom is 0.223 e. The third-order valence-corrected chi connectivity index (χ3v) is 6.51. The molecule has 1 aromatic heterocycles. The van der Waals surface area contributed by atoms with Crippen molar-refractivity contribution in [3.8, 4) is 11.9 Å². The van der Waals surface area contributed by atoms with E-state index < -0.39 is 5.92 Å². The van der Waals surface area contributed by atoms with Gasteiger partial charge in [0.2, 0.25) is 5.88 Å². The maximum atomic E-state index is 13.3. The first-order valence-corrected chi connectivity index (χ1v) is 11.5. The number of allylic oxidation sites excluding steroid dienone is 1. The van der Waals surface area contributed by atoms with Crippen LogP contribution in [0.4, 0.5) is 0 Å². The zero-order valence-electron chi connectivity index (χ0n) is 18.8. The Kier molecular flexibility index (Phi) is 5.09. The largest absolute Gasteiger partial charge is 0.437 e. The number of rotatable bonds is 4. The predicted molar refractivity (Wildman–Crippen MR) is 137 cm³/mol. The summed E-state index contributed by atoms with van der Waals surface area (Å²) in [6, 6.07) is 35.3. The molecule has 0 amide bonds. The van der Waals surface area contributed by atoms with Crippen molar-refractivity contribution in [3.05, 3.63) is 125 Å². The Morgan fingerprint density at radius 2 is 1.54 bits per heavy atom. The summed E-state index contributed by atoms with van der Waals surface area (Å²) in [5.74, 6) is 0.411. The summed E-state index contributed by atoms with van der Waals surface area (Å²) in [6.07, 6.45) is 0.153. The number of carbonyl (C=O) groups is 1. The number of carbonyl (C=O) groups excluding carboxylic acids is 1. The first-order chi connectivity index (χ1) is 17.2. The molecule has 0 saturated heterocycles. The van der Waals surface area contributed by atoms with E-state index >= 15 is 0 Å². The van der Waals surface area contributed by atoms with Crippen molar-refractivity contribution < 1.29 is 9.53 Å². The van der Waals surface area contributed by atoms with E-state index in [0.29, 0.717) is 22.8 Å². The van der Waals surface area contributed by atoms with Gasteiger partial charge < -0.3 is 4.74 Å². The molecule has 4 heteroatoms. The van der Waals surface area contributed by atoms with Crippen LogP contribution in [0.5, 0.6) is 5.88 Å². The van der Waals surface area contributed by atoms with E-state index in [-0.39, 0.29) is 12.2 Å². The first kappa shape index (κ1) is 20.8. The number of nitrogens with zero attached hydrogens (tertiary/aromatic N) is 2. The fourth-order valence-corrected chi connectivity index (χ4v) is 4.78. The number of Topliss-reactive ketones (excluding diaryl/α,β-unsaturated/α-hetero) is 1. The van der Waals surface area contributed by atoms with Gasteiger partial charge in [-0.05, 0) is 11.5 Å². The Morgan fingerprint density at radius 3 is 2.31 bits per heavy atom. The second kappa shape index (κ2) is 8.55. The van der Waals surface area contributed by atoms with E-state index in [9.17, 15) is 10.1 Å². The molecule has 2 heterocycles. The summed E-state index contributed by atoms with van der Waals surface area (Å²) in [7, 11) is 0. The molecule has 0 radical (unpaired) electrons. The fourth-order valence-electron chi connectivity index (χ4n) is 4.78. The molecule has 166 valence electrons. The summed E-state index contributed by atoms with van der Waals surface area (Å²) in [5, 5.41) is 13.3. The van der Waals surface area contributed by atoms with Gasteiger partial charge in [-0.25, -0.2) is 4.98 Å². The monoisotopic (exact) mass is 452 g/mol. The number of aromatic nitrogens is 1. The number of pyridine rings is 1. The number of ketones is 1. The first-order valence-electron chi connectivity index (χ1n) is 11.5. The summed E-state index contributed by atoms with van der Waals surface area (Å²) in [6.45, 7) is 0. The van der Waals surface area contributed by atoms with Gasteiger partial charge in [-0.3, -0.25) is 4.79 Å². The highest BCUT2D eigenvalue weighted by Crippen LogP contribution is 2.45. The van der Waals surface area contributed by atoms with Crippen LogP contribution in [0, 0.1) is 11.3 Å². The molecule has 0 bridgehead atoms. The van der Waals surface area contributed by atoms with E-state index in [1.807, 2.05) is 78.9 Å². The van der Waals surface area contributed by atoms with Gasteiger partial charge in [0.05, 0.1) is 17.2 Å². The molecule has 0 spiro atoms. The summed E-state index contributed by atoms with van der Waals surface area (Å²) < 4.78 is 6.33. The average molecular weight is 453 g/mol. The third kappa shape index (κ3) is 3.64. The minimum atomic E-state index is -0.463. The summed E-state index contributed by atoms with van der Waals surface area (Å²) in [5.41, 5.74) is 3.44. The van der Waals surface area contributed by atoms with Gasteiger partial charge in [0.1, 0.15) is 0 Å². The van der Waals surface area contributed by atoms with Crippen molar-refractivity contribution in [1.29, 1.82) is 5.26 Å². The van der Waals surface area contributed by atoms with Gasteiger partial charge in [0, 0.05) is 39.8 Å². The topological polar surface area (TPSA) is 63.0 Å². The van der Waals surface area contributed by atoms with Crippen molar-refractivity contribution in [2.75, 3.05) is 0 Å². The molecule has 0 fully saturated rings. The van der Waals surface area contributed by atoms with Crippen LogP contribution in [-0.4, -0.2) is 10.8 Å². The highest BCUT2D eigenvalue weighted by atomic mass is 16.5. The highest BCUT2D eigenvalue weighted by molar-refractivity contribution is 6.06. The van der Waals surface area contributed by atoms with Crippen LogP contribution in [0.3, 0.4) is 0 Å². The highest BCUT2D eigenvalue weighted by Gasteiger charge is 2.34. The molecule has 0 N–H and O–H groups in total. The average Bonchev–Trinajstić information content (AvgIpc) is 2.92. The van der Waals surface area contributed by atoms with Crippen LogP contribution in [0.2, 0.25) is 0 Å². The maximum absolute atomic E-state index is 13.3. The molecule has 5 aromatic rings. The molecule has 1 aliphatic rings. The summed E-state index contributed by atoms with van der Waals surface area (Å²) >= 11 is 0. The molecule has 0 aliphatic carbocycles. The molecule has 35 heavy (non-hydrogen) atoms. The smallest absolute Gasteiger partial charge is 0.223 e. The van der Waals surface area contributed by atoms with E-state index in [4.69, 9.17) is 9.72 Å². The molecule has 1 atom stereocenters. The molecule has 4 nitrogen and oxygen atoms in total. The minimum Gasteiger partial charge on any atom is -0.437 e. The lowest BCUT2D eigenvalue weighted by Crippen LogP contribution is -2.18. The molecule has 4 aromatic carbocycles. The number of benzene rings is 4. The number of hydrogen-bond acceptors (Lipinski definition) is 4. The Balaban J connectivity index is 1.56. The van der Waals surface area contributed by atoms with Crippen molar-refractivity contribution in [1.82, 2.24) is 4.98 Å². The number of fused-ring (bicyclic) bond motifs is 4. The SMILES string of the molecule is N#CC1=C(c2ccccc2)Oc2nc3c(ccc4ccccc43)cc2C1CC(=O)c1ccccc1. The van der Waals surface area contributed by atoms with Gasteiger partial charge in [-0.1, -0.05) is 97.1 Å². The number of nitriles is 1. The Morgan fingerprint density at radius 1 is 0.857 bits per heavy atom. The normalized spacial score (nSPS) is 14.9. The van der Waals surface area contributed by atoms with Crippen LogP contribution >= 0.6 is 0 Å². The zero-order chi connectivity index (χ0) is 23.8. The predicted octanol–water partition coefficient (Wildman–Crippen LogP) is 7.07. The molecular formula is C31H20N2O2. The van der Waals surface area contributed by atoms with Gasteiger partial charge in [-0.2, -0.15) is 5.26 Å². The van der Waals surface area contributed by atoms with E-state index in [0.717, 1.165) is 32.8 Å². The second-order valence-electron chi connectivity index (χ2n) is 8.61. The van der Waals surface area contributed by atoms with Crippen molar-refractivity contribution in [2.24, 2.45) is 0 Å². The Labute approximate surface area is 202 Å². The molecule has 1 aliphatic heterocycles.